The molecule has 0 aliphatic carbocycles. The third kappa shape index (κ3) is 15.5. The van der Waals surface area contributed by atoms with Gasteiger partial charge in [0, 0.05) is 66.5 Å². The first-order valence-corrected chi connectivity index (χ1v) is 16.8. The lowest BCUT2D eigenvalue weighted by atomic mass is 9.96. The molecule has 2 aliphatic rings. The van der Waals surface area contributed by atoms with Gasteiger partial charge in [-0.05, 0) is 18.4 Å². The predicted octanol–water partition coefficient (Wildman–Crippen LogP) is 1.49. The van der Waals surface area contributed by atoms with E-state index in [0.29, 0.717) is 25.8 Å². The molecule has 0 spiro atoms. The quantitative estimate of drug-likeness (QED) is 0.0450. The largest absolute Gasteiger partial charge is 0.463 e. The normalized spacial score (nSPS) is 27.9. The molecule has 2 heterocycles. The zero-order chi connectivity index (χ0) is 39.7. The summed E-state index contributed by atoms with van der Waals surface area (Å²) in [4.78, 5) is 88.2. The standard InChI is InChI=1S/C32H47N3O18/c1-16(36)44-14-23-25(46-18(3)38)27(47-19(4)39)30(50-22(7)42)32(52-23)53-26-24(15-45-17(2)37)51-31(43-13-11-9-8-10-12-34-35-33)29(49-21(6)41)28(26)48-20(5)40/h23-32H,8-15H2,1-7H3/t23-,24-,25-,26-,27+,28+,29-,30-,31-,32-/m1/s1. The van der Waals surface area contributed by atoms with E-state index in [-0.39, 0.29) is 6.61 Å². The van der Waals surface area contributed by atoms with Gasteiger partial charge >= 0.3 is 41.8 Å². The average Bonchev–Trinajstić information content (AvgIpc) is 3.04. The molecular formula is C32H47N3O18. The van der Waals surface area contributed by atoms with Gasteiger partial charge in [-0.2, -0.15) is 0 Å². The number of carbonyl (C=O) groups excluding carboxylic acids is 7. The topological polar surface area (TPSA) is 270 Å². The van der Waals surface area contributed by atoms with Gasteiger partial charge in [-0.3, -0.25) is 33.6 Å². The minimum atomic E-state index is -1.79. The lowest BCUT2D eigenvalue weighted by Crippen LogP contribution is -2.67. The summed E-state index contributed by atoms with van der Waals surface area (Å²) in [7, 11) is 0. The third-order valence-electron chi connectivity index (χ3n) is 7.38. The summed E-state index contributed by atoms with van der Waals surface area (Å²) >= 11 is 0. The van der Waals surface area contributed by atoms with Crippen LogP contribution in [0.5, 0.6) is 0 Å². The smallest absolute Gasteiger partial charge is 0.303 e. The van der Waals surface area contributed by atoms with E-state index < -0.39 is 116 Å². The monoisotopic (exact) mass is 761 g/mol. The highest BCUT2D eigenvalue weighted by Crippen LogP contribution is 2.35. The lowest BCUT2D eigenvalue weighted by Gasteiger charge is -2.48. The van der Waals surface area contributed by atoms with Crippen LogP contribution in [0.25, 0.3) is 10.4 Å². The summed E-state index contributed by atoms with van der Waals surface area (Å²) in [5.41, 5.74) is 8.44. The number of hydrogen-bond donors (Lipinski definition) is 0. The second-order valence-electron chi connectivity index (χ2n) is 11.9. The summed E-state index contributed by atoms with van der Waals surface area (Å²) < 4.78 is 62.3. The Hall–Kier alpha value is -4.56. The molecule has 21 nitrogen and oxygen atoms in total. The maximum absolute atomic E-state index is 12.5. The molecule has 2 fully saturated rings. The number of nitrogens with zero attached hydrogens (tertiary/aromatic N) is 3. The van der Waals surface area contributed by atoms with Crippen molar-refractivity contribution in [3.8, 4) is 0 Å². The highest BCUT2D eigenvalue weighted by atomic mass is 16.8. The summed E-state index contributed by atoms with van der Waals surface area (Å²) in [5.74, 6) is -5.84. The first-order chi connectivity index (χ1) is 25.0. The average molecular weight is 762 g/mol. The number of ether oxygens (including phenoxy) is 11. The number of rotatable bonds is 19. The van der Waals surface area contributed by atoms with E-state index in [4.69, 9.17) is 57.6 Å². The summed E-state index contributed by atoms with van der Waals surface area (Å²) in [6.45, 7) is 6.81. The molecule has 2 saturated heterocycles. The van der Waals surface area contributed by atoms with E-state index >= 15 is 0 Å². The second kappa shape index (κ2) is 22.5. The van der Waals surface area contributed by atoms with Gasteiger partial charge in [-0.25, -0.2) is 0 Å². The van der Waals surface area contributed by atoms with Crippen molar-refractivity contribution >= 4 is 41.8 Å². The SMILES string of the molecule is CC(=O)OC[C@H]1O[C@H](O[C@H]2[C@H](OC(C)=O)[C@@H](OC(C)=O)[C@H](OCCCCCCN=[N+]=[N-])O[C@@H]2COC(C)=O)[C@H](OC(C)=O)[C@@H](OC(C)=O)[C@@H]1OC(C)=O. The number of azide groups is 1. The van der Waals surface area contributed by atoms with Crippen molar-refractivity contribution in [3.05, 3.63) is 10.4 Å². The molecule has 0 aromatic carbocycles. The minimum absolute atomic E-state index is 0.0717. The van der Waals surface area contributed by atoms with Gasteiger partial charge in [0.2, 0.25) is 0 Å². The maximum atomic E-state index is 12.5. The summed E-state index contributed by atoms with van der Waals surface area (Å²) in [5, 5.41) is 3.49. The molecule has 0 saturated carbocycles. The molecule has 21 heteroatoms. The Morgan fingerprint density at radius 2 is 0.943 bits per heavy atom. The van der Waals surface area contributed by atoms with E-state index in [1.807, 2.05) is 0 Å². The Morgan fingerprint density at radius 1 is 0.528 bits per heavy atom. The van der Waals surface area contributed by atoms with Gasteiger partial charge in [0.25, 0.3) is 0 Å². The van der Waals surface area contributed by atoms with Crippen LogP contribution in [-0.2, 0) is 85.7 Å². The van der Waals surface area contributed by atoms with Crippen molar-refractivity contribution in [2.75, 3.05) is 26.4 Å². The van der Waals surface area contributed by atoms with Crippen molar-refractivity contribution in [1.82, 2.24) is 0 Å². The maximum Gasteiger partial charge on any atom is 0.303 e. The molecule has 298 valence electrons. The predicted molar refractivity (Wildman–Crippen MR) is 172 cm³/mol. The highest BCUT2D eigenvalue weighted by Gasteiger charge is 2.57. The zero-order valence-corrected chi connectivity index (χ0v) is 30.6. The minimum Gasteiger partial charge on any atom is -0.463 e. The van der Waals surface area contributed by atoms with Crippen LogP contribution in [0.15, 0.2) is 5.11 Å². The molecule has 53 heavy (non-hydrogen) atoms. The molecule has 0 aromatic heterocycles. The van der Waals surface area contributed by atoms with Gasteiger partial charge in [0.15, 0.2) is 43.1 Å². The molecule has 10 atom stereocenters. The lowest BCUT2D eigenvalue weighted by molar-refractivity contribution is -0.361. The summed E-state index contributed by atoms with van der Waals surface area (Å²) in [6, 6.07) is 0. The first kappa shape index (κ1) is 44.6. The first-order valence-electron chi connectivity index (χ1n) is 16.8. The van der Waals surface area contributed by atoms with Gasteiger partial charge in [0.05, 0.1) is 0 Å². The van der Waals surface area contributed by atoms with Crippen molar-refractivity contribution in [1.29, 1.82) is 0 Å². The van der Waals surface area contributed by atoms with Crippen molar-refractivity contribution in [3.63, 3.8) is 0 Å². The molecule has 0 radical (unpaired) electrons. The highest BCUT2D eigenvalue weighted by molar-refractivity contribution is 5.69. The van der Waals surface area contributed by atoms with E-state index in [9.17, 15) is 33.6 Å². The molecule has 0 bridgehead atoms. The van der Waals surface area contributed by atoms with E-state index in [2.05, 4.69) is 10.0 Å². The Balaban J connectivity index is 2.60. The van der Waals surface area contributed by atoms with Gasteiger partial charge in [-0.15, -0.1) is 0 Å². The Labute approximate surface area is 305 Å². The van der Waals surface area contributed by atoms with Crippen molar-refractivity contribution in [2.24, 2.45) is 5.11 Å². The molecule has 2 aliphatic heterocycles. The number of esters is 7. The molecule has 0 unspecified atom stereocenters. The number of hydrogen-bond acceptors (Lipinski definition) is 19. The van der Waals surface area contributed by atoms with Gasteiger partial charge in [0.1, 0.15) is 31.5 Å². The van der Waals surface area contributed by atoms with Gasteiger partial charge in [-0.1, -0.05) is 18.0 Å². The molecule has 0 amide bonds. The van der Waals surface area contributed by atoms with Crippen molar-refractivity contribution < 1.29 is 85.7 Å². The van der Waals surface area contributed by atoms with Crippen LogP contribution in [0.4, 0.5) is 0 Å². The van der Waals surface area contributed by atoms with E-state index in [1.54, 1.807) is 0 Å². The summed E-state index contributed by atoms with van der Waals surface area (Å²) in [6.07, 6.45) is -12.8. The van der Waals surface area contributed by atoms with Crippen LogP contribution < -0.4 is 0 Å². The van der Waals surface area contributed by atoms with E-state index in [0.717, 1.165) is 54.9 Å². The van der Waals surface area contributed by atoms with Gasteiger partial charge < -0.3 is 52.1 Å². The van der Waals surface area contributed by atoms with Crippen LogP contribution in [0.2, 0.25) is 0 Å². The van der Waals surface area contributed by atoms with Crippen LogP contribution in [0.3, 0.4) is 0 Å². The van der Waals surface area contributed by atoms with Crippen LogP contribution in [0.1, 0.15) is 74.1 Å². The Kier molecular flexibility index (Phi) is 18.9. The fraction of sp³-hybridized carbons (Fsp3) is 0.781. The van der Waals surface area contributed by atoms with E-state index in [1.165, 1.54) is 0 Å². The Bertz CT molecular complexity index is 1340. The second-order valence-corrected chi connectivity index (χ2v) is 11.9. The third-order valence-corrected chi connectivity index (χ3v) is 7.38. The fourth-order valence-electron chi connectivity index (χ4n) is 5.49. The number of carbonyl (C=O) groups is 7. The Morgan fingerprint density at radius 3 is 1.43 bits per heavy atom. The molecule has 0 N–H and O–H groups in total. The number of unbranched alkanes of at least 4 members (excludes halogenated alkanes) is 3. The van der Waals surface area contributed by atoms with Crippen LogP contribution in [-0.4, -0.2) is 130 Å². The molecule has 2 rings (SSSR count). The van der Waals surface area contributed by atoms with Crippen molar-refractivity contribution in [2.45, 2.75) is 136 Å². The van der Waals surface area contributed by atoms with Crippen LogP contribution in [0, 0.1) is 0 Å². The molecular weight excluding hydrogens is 714 g/mol. The van der Waals surface area contributed by atoms with Crippen LogP contribution >= 0.6 is 0 Å². The zero-order valence-electron chi connectivity index (χ0n) is 30.6. The fourth-order valence-corrected chi connectivity index (χ4v) is 5.49. The molecule has 0 aromatic rings.